The molecular formula is C35H41N5O7S2. The van der Waals surface area contributed by atoms with Crippen molar-refractivity contribution in [2.75, 3.05) is 6.54 Å². The minimum Gasteiger partial charge on any atom is -0.479 e. The number of amides is 2. The number of nitrogens with one attached hydrogen (secondary N) is 2. The van der Waals surface area contributed by atoms with Crippen molar-refractivity contribution in [3.05, 3.63) is 53.9 Å². The number of carboxylic acids is 1. The number of nitrogens with zero attached hydrogens (tertiary/aromatic N) is 3. The molecule has 2 aromatic heterocycles. The molecule has 2 aliphatic heterocycles. The molecule has 49 heavy (non-hydrogen) atoms. The average Bonchev–Trinajstić information content (AvgIpc) is 3.61. The van der Waals surface area contributed by atoms with Crippen molar-refractivity contribution in [3.8, 4) is 16.5 Å². The Balaban J connectivity index is 1.22. The summed E-state index contributed by atoms with van der Waals surface area (Å²) in [5, 5.41) is 14.3. The van der Waals surface area contributed by atoms with Gasteiger partial charge in [-0.2, -0.15) is 0 Å². The molecule has 1 saturated heterocycles. The lowest BCUT2D eigenvalue weighted by molar-refractivity contribution is -0.145. The van der Waals surface area contributed by atoms with Gasteiger partial charge in [-0.25, -0.2) is 27.9 Å². The Bertz CT molecular complexity index is 1860. The summed E-state index contributed by atoms with van der Waals surface area (Å²) < 4.78 is 36.2. The standard InChI is InChI=1S/C35H41N5O7S2/c41-31-28-19-23(47-32-30(29-17-10-18-48-29)36-25-14-8-9-15-26(25)37-32)21-40(28)33(42)27(39-49(45,46)24-12-6-7-13-24)16-5-3-1-2-4-11-22-20-35(22,38-31)34(43)44/h4,8-11,14-15,17-18,22-24,27-28,39H,1-3,5-7,12-13,16,19-21H2,(H,38,41)(H,43,44)/b11-4-/t22?,23-,27-,28?,35?/m1/s1. The van der Waals surface area contributed by atoms with E-state index in [-0.39, 0.29) is 37.6 Å². The molecule has 260 valence electrons. The third kappa shape index (κ3) is 6.95. The number of hydrogen-bond acceptors (Lipinski definition) is 9. The Morgan fingerprint density at radius 1 is 1.02 bits per heavy atom. The number of aliphatic carboxylic acids is 1. The van der Waals surface area contributed by atoms with Gasteiger partial charge in [0.2, 0.25) is 27.7 Å². The summed E-state index contributed by atoms with van der Waals surface area (Å²) >= 11 is 1.48. The Kier molecular flexibility index (Phi) is 9.46. The number of benzene rings is 1. The second-order valence-electron chi connectivity index (χ2n) is 13.6. The Hall–Kier alpha value is -3.88. The second-order valence-corrected chi connectivity index (χ2v) is 16.5. The number of carbonyl (C=O) groups is 3. The maximum atomic E-state index is 14.4. The van der Waals surface area contributed by atoms with E-state index in [1.807, 2.05) is 53.9 Å². The predicted octanol–water partition coefficient (Wildman–Crippen LogP) is 4.42. The van der Waals surface area contributed by atoms with E-state index in [0.29, 0.717) is 36.0 Å². The lowest BCUT2D eigenvalue weighted by atomic mass is 10.1. The van der Waals surface area contributed by atoms with E-state index >= 15 is 0 Å². The van der Waals surface area contributed by atoms with Crippen LogP contribution < -0.4 is 14.8 Å². The van der Waals surface area contributed by atoms with Crippen molar-refractivity contribution < 1.29 is 32.6 Å². The number of fused-ring (bicyclic) bond motifs is 3. The number of rotatable bonds is 7. The van der Waals surface area contributed by atoms with Crippen LogP contribution in [0.3, 0.4) is 0 Å². The van der Waals surface area contributed by atoms with E-state index in [4.69, 9.17) is 14.7 Å². The highest BCUT2D eigenvalue weighted by Gasteiger charge is 2.61. The molecule has 12 nitrogen and oxygen atoms in total. The van der Waals surface area contributed by atoms with Crippen LogP contribution in [0.15, 0.2) is 53.9 Å². The third-order valence-corrected chi connectivity index (χ3v) is 13.1. The van der Waals surface area contributed by atoms with E-state index in [1.165, 1.54) is 16.2 Å². The van der Waals surface area contributed by atoms with E-state index in [0.717, 1.165) is 37.0 Å². The molecule has 5 atom stereocenters. The quantitative estimate of drug-likeness (QED) is 0.301. The number of carbonyl (C=O) groups excluding carboxylic acids is 2. The topological polar surface area (TPSA) is 168 Å². The van der Waals surface area contributed by atoms with Crippen LogP contribution in [-0.2, 0) is 24.4 Å². The molecule has 0 bridgehead atoms. The summed E-state index contributed by atoms with van der Waals surface area (Å²) in [5.74, 6) is -2.34. The van der Waals surface area contributed by atoms with Gasteiger partial charge in [0.1, 0.15) is 29.4 Å². The maximum Gasteiger partial charge on any atom is 0.330 e. The van der Waals surface area contributed by atoms with Crippen LogP contribution in [0.25, 0.3) is 21.6 Å². The van der Waals surface area contributed by atoms with Gasteiger partial charge < -0.3 is 20.1 Å². The molecule has 7 rings (SSSR count). The molecule has 1 aromatic carbocycles. The molecule has 3 unspecified atom stereocenters. The first-order valence-electron chi connectivity index (χ1n) is 17.2. The monoisotopic (exact) mass is 707 g/mol. The Morgan fingerprint density at radius 3 is 2.51 bits per heavy atom. The van der Waals surface area contributed by atoms with Gasteiger partial charge in [0.05, 0.1) is 27.7 Å². The predicted molar refractivity (Wildman–Crippen MR) is 184 cm³/mol. The summed E-state index contributed by atoms with van der Waals surface area (Å²) in [6.07, 6.45) is 9.38. The summed E-state index contributed by atoms with van der Waals surface area (Å²) in [5.41, 5.74) is 0.392. The first-order chi connectivity index (χ1) is 23.6. The lowest BCUT2D eigenvalue weighted by Gasteiger charge is -2.30. The summed E-state index contributed by atoms with van der Waals surface area (Å²) in [6, 6.07) is 9.10. The zero-order valence-corrected chi connectivity index (χ0v) is 28.8. The molecule has 3 aromatic rings. The van der Waals surface area contributed by atoms with Gasteiger partial charge in [-0.1, -0.05) is 56.0 Å². The maximum absolute atomic E-state index is 14.4. The first-order valence-corrected chi connectivity index (χ1v) is 19.6. The molecule has 14 heteroatoms. The lowest BCUT2D eigenvalue weighted by Crippen LogP contribution is -2.56. The van der Waals surface area contributed by atoms with Crippen LogP contribution in [0.4, 0.5) is 0 Å². The summed E-state index contributed by atoms with van der Waals surface area (Å²) in [4.78, 5) is 52.8. The van der Waals surface area contributed by atoms with Crippen LogP contribution in [0.1, 0.15) is 70.6 Å². The number of aromatic nitrogens is 2. The fourth-order valence-electron chi connectivity index (χ4n) is 7.41. The molecule has 3 fully saturated rings. The van der Waals surface area contributed by atoms with Gasteiger partial charge in [-0.3, -0.25) is 9.59 Å². The fourth-order valence-corrected chi connectivity index (χ4v) is 9.88. The number of carboxylic acid groups (broad SMARTS) is 1. The number of allylic oxidation sites excluding steroid dienone is 1. The molecule has 2 saturated carbocycles. The van der Waals surface area contributed by atoms with E-state index < -0.39 is 56.8 Å². The van der Waals surface area contributed by atoms with Gasteiger partial charge in [0.15, 0.2) is 0 Å². The number of ether oxygens (including phenoxy) is 1. The largest absolute Gasteiger partial charge is 0.479 e. The van der Waals surface area contributed by atoms with Crippen LogP contribution >= 0.6 is 11.3 Å². The number of hydrogen-bond donors (Lipinski definition) is 3. The highest BCUT2D eigenvalue weighted by Crippen LogP contribution is 2.45. The van der Waals surface area contributed by atoms with Gasteiger partial charge >= 0.3 is 5.97 Å². The fraction of sp³-hybridized carbons (Fsp3) is 0.514. The van der Waals surface area contributed by atoms with Crippen molar-refractivity contribution in [3.63, 3.8) is 0 Å². The van der Waals surface area contributed by atoms with E-state index in [9.17, 15) is 27.9 Å². The summed E-state index contributed by atoms with van der Waals surface area (Å²) in [7, 11) is -3.79. The third-order valence-electron chi connectivity index (χ3n) is 10.2. The normalized spacial score (nSPS) is 29.0. The van der Waals surface area contributed by atoms with Crippen molar-refractivity contribution >= 4 is 50.2 Å². The van der Waals surface area contributed by atoms with Gasteiger partial charge in [-0.05, 0) is 62.1 Å². The van der Waals surface area contributed by atoms with E-state index in [2.05, 4.69) is 10.0 Å². The molecule has 4 heterocycles. The minimum atomic E-state index is -3.79. The molecule has 2 amide bonds. The van der Waals surface area contributed by atoms with Crippen molar-refractivity contribution in [1.82, 2.24) is 24.9 Å². The average molecular weight is 708 g/mol. The van der Waals surface area contributed by atoms with Gasteiger partial charge in [0.25, 0.3) is 0 Å². The van der Waals surface area contributed by atoms with Crippen LogP contribution in [0.2, 0.25) is 0 Å². The Morgan fingerprint density at radius 2 is 1.78 bits per heavy atom. The zero-order valence-electron chi connectivity index (χ0n) is 27.1. The van der Waals surface area contributed by atoms with Crippen molar-refractivity contribution in [1.29, 1.82) is 0 Å². The van der Waals surface area contributed by atoms with Crippen LogP contribution in [0, 0.1) is 5.92 Å². The molecule has 2 aliphatic carbocycles. The smallest absolute Gasteiger partial charge is 0.330 e. The second kappa shape index (κ2) is 13.8. The van der Waals surface area contributed by atoms with Crippen LogP contribution in [-0.4, -0.2) is 81.7 Å². The number of sulfonamides is 1. The van der Waals surface area contributed by atoms with Gasteiger partial charge in [-0.15, -0.1) is 11.3 Å². The molecule has 0 radical (unpaired) electrons. The van der Waals surface area contributed by atoms with Crippen molar-refractivity contribution in [2.45, 2.75) is 99.6 Å². The molecule has 0 spiro atoms. The molecule has 3 N–H and O–H groups in total. The van der Waals surface area contributed by atoms with Crippen LogP contribution in [0.5, 0.6) is 5.88 Å². The first kappa shape index (κ1) is 33.6. The van der Waals surface area contributed by atoms with Crippen molar-refractivity contribution in [2.24, 2.45) is 5.92 Å². The summed E-state index contributed by atoms with van der Waals surface area (Å²) in [6.45, 7) is -0.0135. The highest BCUT2D eigenvalue weighted by molar-refractivity contribution is 7.90. The van der Waals surface area contributed by atoms with Gasteiger partial charge in [0, 0.05) is 12.3 Å². The highest BCUT2D eigenvalue weighted by atomic mass is 32.2. The zero-order chi connectivity index (χ0) is 34.2. The number of para-hydroxylation sites is 2. The SMILES string of the molecule is O=C1NC2(C(=O)O)CC2/C=C\CCCCC[C@@H](NS(=O)(=O)C2CCCC2)C(=O)N2C[C@H](Oc3nc4ccccc4nc3-c3cccs3)CC12. The molecular weight excluding hydrogens is 667 g/mol. The molecule has 4 aliphatic rings. The number of thiophene rings is 1. The minimum absolute atomic E-state index is 0.0135. The Labute approximate surface area is 289 Å². The van der Waals surface area contributed by atoms with E-state index in [1.54, 1.807) is 0 Å².